The van der Waals surface area contributed by atoms with Crippen molar-refractivity contribution in [1.82, 2.24) is 5.32 Å². The Hall–Kier alpha value is -2.10. The van der Waals surface area contributed by atoms with Gasteiger partial charge in [-0.15, -0.1) is 0 Å². The third kappa shape index (κ3) is 3.96. The van der Waals surface area contributed by atoms with Crippen LogP contribution in [0.25, 0.3) is 6.08 Å². The molecule has 0 saturated carbocycles. The Morgan fingerprint density at radius 3 is 2.44 bits per heavy atom. The lowest BCUT2D eigenvalue weighted by atomic mass is 10.1. The van der Waals surface area contributed by atoms with E-state index in [1.54, 1.807) is 30.3 Å². The van der Waals surface area contributed by atoms with Crippen molar-refractivity contribution in [2.75, 3.05) is 6.54 Å². The van der Waals surface area contributed by atoms with E-state index in [-0.39, 0.29) is 11.5 Å². The Bertz CT molecular complexity index is 407. The molecule has 16 heavy (non-hydrogen) atoms. The van der Waals surface area contributed by atoms with Crippen LogP contribution in [0.5, 0.6) is 0 Å². The Morgan fingerprint density at radius 1 is 1.31 bits per heavy atom. The maximum atomic E-state index is 10.6. The van der Waals surface area contributed by atoms with Crippen LogP contribution in [0, 0.1) is 0 Å². The van der Waals surface area contributed by atoms with Gasteiger partial charge >= 0.3 is 5.97 Å². The smallest absolute Gasteiger partial charge is 0.335 e. The molecule has 0 aliphatic carbocycles. The van der Waals surface area contributed by atoms with Gasteiger partial charge < -0.3 is 10.4 Å². The van der Waals surface area contributed by atoms with Crippen LogP contribution in [0.1, 0.15) is 22.8 Å². The number of aromatic carboxylic acids is 1. The van der Waals surface area contributed by atoms with Crippen LogP contribution in [-0.2, 0) is 4.79 Å². The summed E-state index contributed by atoms with van der Waals surface area (Å²) in [6, 6.07) is 6.52. The van der Waals surface area contributed by atoms with Crippen molar-refractivity contribution >= 4 is 18.0 Å². The zero-order chi connectivity index (χ0) is 12.0. The lowest BCUT2D eigenvalue weighted by molar-refractivity contribution is -0.118. The number of carbonyl (C=O) groups is 2. The van der Waals surface area contributed by atoms with Gasteiger partial charge in [-0.05, 0) is 17.7 Å². The zero-order valence-electron chi connectivity index (χ0n) is 8.93. The fourth-order valence-electron chi connectivity index (χ4n) is 1.13. The minimum atomic E-state index is -0.936. The molecular weight excluding hydrogens is 206 g/mol. The molecular formula is C12H13NO3. The summed E-state index contributed by atoms with van der Waals surface area (Å²) in [5, 5.41) is 11.3. The van der Waals surface area contributed by atoms with Crippen molar-refractivity contribution in [3.05, 3.63) is 41.5 Å². The van der Waals surface area contributed by atoms with Crippen molar-refractivity contribution in [3.63, 3.8) is 0 Å². The van der Waals surface area contributed by atoms with Gasteiger partial charge in [0.1, 0.15) is 0 Å². The van der Waals surface area contributed by atoms with Gasteiger partial charge in [0.05, 0.1) is 5.56 Å². The summed E-state index contributed by atoms with van der Waals surface area (Å²) >= 11 is 0. The van der Waals surface area contributed by atoms with E-state index in [9.17, 15) is 9.59 Å². The number of carboxylic acid groups (broad SMARTS) is 1. The van der Waals surface area contributed by atoms with Crippen LogP contribution in [0.3, 0.4) is 0 Å². The number of rotatable bonds is 4. The molecule has 0 aliphatic heterocycles. The number of carboxylic acids is 1. The average Bonchev–Trinajstić information content (AvgIpc) is 2.25. The van der Waals surface area contributed by atoms with Crippen LogP contribution in [-0.4, -0.2) is 23.5 Å². The number of hydrogen-bond donors (Lipinski definition) is 2. The predicted octanol–water partition coefficient (Wildman–Crippen LogP) is 1.53. The van der Waals surface area contributed by atoms with Gasteiger partial charge in [0.15, 0.2) is 0 Å². The summed E-state index contributed by atoms with van der Waals surface area (Å²) in [6.45, 7) is 1.92. The first-order valence-corrected chi connectivity index (χ1v) is 4.84. The molecule has 0 saturated heterocycles. The number of carbonyl (C=O) groups excluding carboxylic acids is 1. The first-order chi connectivity index (χ1) is 7.59. The van der Waals surface area contributed by atoms with Crippen LogP contribution < -0.4 is 5.32 Å². The van der Waals surface area contributed by atoms with E-state index in [0.717, 1.165) is 5.56 Å². The number of benzene rings is 1. The molecule has 4 heteroatoms. The van der Waals surface area contributed by atoms with Crippen molar-refractivity contribution in [3.8, 4) is 0 Å². The lowest BCUT2D eigenvalue weighted by Crippen LogP contribution is -2.19. The quantitative estimate of drug-likeness (QED) is 0.807. The number of amides is 1. The largest absolute Gasteiger partial charge is 0.478 e. The van der Waals surface area contributed by atoms with E-state index in [1.807, 2.05) is 6.08 Å². The highest BCUT2D eigenvalue weighted by Gasteiger charge is 1.99. The first kappa shape index (κ1) is 12.0. The maximum absolute atomic E-state index is 10.6. The molecule has 0 unspecified atom stereocenters. The molecule has 0 spiro atoms. The topological polar surface area (TPSA) is 66.4 Å². The summed E-state index contributed by atoms with van der Waals surface area (Å²) in [5.74, 6) is -1.01. The lowest BCUT2D eigenvalue weighted by Gasteiger charge is -1.97. The Labute approximate surface area is 93.6 Å². The summed E-state index contributed by atoms with van der Waals surface area (Å²) in [4.78, 5) is 21.1. The monoisotopic (exact) mass is 219 g/mol. The highest BCUT2D eigenvalue weighted by atomic mass is 16.4. The SMILES string of the molecule is CC(=O)NCC=Cc1ccc(C(=O)O)cc1. The molecule has 0 aromatic heterocycles. The molecule has 4 nitrogen and oxygen atoms in total. The van der Waals surface area contributed by atoms with E-state index in [1.165, 1.54) is 6.92 Å². The second-order valence-electron chi connectivity index (χ2n) is 3.27. The second kappa shape index (κ2) is 5.70. The van der Waals surface area contributed by atoms with Crippen LogP contribution >= 0.6 is 0 Å². The minimum absolute atomic E-state index is 0.0779. The molecule has 0 heterocycles. The summed E-state index contributed by atoms with van der Waals surface area (Å²) in [5.41, 5.74) is 1.16. The van der Waals surface area contributed by atoms with E-state index < -0.39 is 5.97 Å². The highest BCUT2D eigenvalue weighted by Crippen LogP contribution is 2.05. The average molecular weight is 219 g/mol. The van der Waals surface area contributed by atoms with Crippen LogP contribution in [0.15, 0.2) is 30.3 Å². The van der Waals surface area contributed by atoms with E-state index in [4.69, 9.17) is 5.11 Å². The van der Waals surface area contributed by atoms with Crippen molar-refractivity contribution in [1.29, 1.82) is 0 Å². The zero-order valence-corrected chi connectivity index (χ0v) is 8.93. The number of nitrogens with one attached hydrogen (secondary N) is 1. The van der Waals surface area contributed by atoms with Gasteiger partial charge in [0, 0.05) is 13.5 Å². The molecule has 1 rings (SSSR count). The van der Waals surface area contributed by atoms with Gasteiger partial charge in [-0.1, -0.05) is 24.3 Å². The Balaban J connectivity index is 2.55. The number of hydrogen-bond acceptors (Lipinski definition) is 2. The molecule has 0 fully saturated rings. The molecule has 1 aromatic carbocycles. The van der Waals surface area contributed by atoms with Gasteiger partial charge in [-0.2, -0.15) is 0 Å². The third-order valence-electron chi connectivity index (χ3n) is 1.94. The molecule has 1 amide bonds. The van der Waals surface area contributed by atoms with Crippen molar-refractivity contribution in [2.45, 2.75) is 6.92 Å². The third-order valence-corrected chi connectivity index (χ3v) is 1.94. The van der Waals surface area contributed by atoms with Crippen molar-refractivity contribution in [2.24, 2.45) is 0 Å². The molecule has 0 atom stereocenters. The molecule has 84 valence electrons. The van der Waals surface area contributed by atoms with Gasteiger partial charge in [-0.25, -0.2) is 4.79 Å². The molecule has 0 aliphatic rings. The van der Waals surface area contributed by atoms with Crippen LogP contribution in [0.4, 0.5) is 0 Å². The standard InChI is InChI=1S/C12H13NO3/c1-9(14)13-8-2-3-10-4-6-11(7-5-10)12(15)16/h2-7H,8H2,1H3,(H,13,14)(H,15,16). The summed E-state index contributed by atoms with van der Waals surface area (Å²) in [7, 11) is 0. The van der Waals surface area contributed by atoms with E-state index >= 15 is 0 Å². The van der Waals surface area contributed by atoms with E-state index in [0.29, 0.717) is 6.54 Å². The van der Waals surface area contributed by atoms with Gasteiger partial charge in [0.25, 0.3) is 0 Å². The fourth-order valence-corrected chi connectivity index (χ4v) is 1.13. The highest BCUT2D eigenvalue weighted by molar-refractivity contribution is 5.87. The van der Waals surface area contributed by atoms with Crippen LogP contribution in [0.2, 0.25) is 0 Å². The first-order valence-electron chi connectivity index (χ1n) is 4.84. The van der Waals surface area contributed by atoms with Gasteiger partial charge in [-0.3, -0.25) is 4.79 Å². The second-order valence-corrected chi connectivity index (χ2v) is 3.27. The van der Waals surface area contributed by atoms with Gasteiger partial charge in [0.2, 0.25) is 5.91 Å². The summed E-state index contributed by atoms with van der Waals surface area (Å²) < 4.78 is 0. The Morgan fingerprint density at radius 2 is 1.94 bits per heavy atom. The molecule has 2 N–H and O–H groups in total. The van der Waals surface area contributed by atoms with Crippen molar-refractivity contribution < 1.29 is 14.7 Å². The molecule has 0 bridgehead atoms. The molecule has 1 aromatic rings. The Kier molecular flexibility index (Phi) is 4.27. The summed E-state index contributed by atoms with van der Waals surface area (Å²) in [6.07, 6.45) is 3.62. The normalized spacial score (nSPS) is 10.3. The predicted molar refractivity (Wildman–Crippen MR) is 61.1 cm³/mol. The minimum Gasteiger partial charge on any atom is -0.478 e. The molecule has 0 radical (unpaired) electrons. The fraction of sp³-hybridized carbons (Fsp3) is 0.167. The maximum Gasteiger partial charge on any atom is 0.335 e. The van der Waals surface area contributed by atoms with E-state index in [2.05, 4.69) is 5.32 Å².